The average molecular weight is 248 g/mol. The van der Waals surface area contributed by atoms with Crippen LogP contribution in [0.2, 0.25) is 0 Å². The molecule has 0 aromatic heterocycles. The molecule has 3 unspecified atom stereocenters. The quantitative estimate of drug-likeness (QED) is 0.771. The van der Waals surface area contributed by atoms with E-state index >= 15 is 0 Å². The topological polar surface area (TPSA) is 72.2 Å². The Hall–Kier alpha value is -0.420. The Balaban J connectivity index is 0.00000106. The first-order valence-electron chi connectivity index (χ1n) is 6.03. The van der Waals surface area contributed by atoms with Gasteiger partial charge in [-0.1, -0.05) is 34.1 Å². The van der Waals surface area contributed by atoms with Gasteiger partial charge in [-0.2, -0.15) is 0 Å². The zero-order valence-electron chi connectivity index (χ0n) is 10.7. The fraction of sp³-hybridized carbons (Fsp3) is 0.909. The molecule has 3 atom stereocenters. The minimum absolute atomic E-state index is 0.131. The molecule has 0 bridgehead atoms. The first kappa shape index (κ1) is 15.6. The van der Waals surface area contributed by atoms with Crippen molar-refractivity contribution in [3.63, 3.8) is 0 Å². The van der Waals surface area contributed by atoms with Crippen molar-refractivity contribution < 1.29 is 9.00 Å². The van der Waals surface area contributed by atoms with Gasteiger partial charge in [0.15, 0.2) is 0 Å². The molecule has 0 radical (unpaired) electrons. The van der Waals surface area contributed by atoms with Gasteiger partial charge in [-0.05, 0) is 18.8 Å². The summed E-state index contributed by atoms with van der Waals surface area (Å²) in [7, 11) is -1.21. The van der Waals surface area contributed by atoms with Crippen molar-refractivity contribution in [2.24, 2.45) is 11.7 Å². The van der Waals surface area contributed by atoms with Crippen LogP contribution in [0.15, 0.2) is 0 Å². The molecule has 16 heavy (non-hydrogen) atoms. The van der Waals surface area contributed by atoms with E-state index in [-0.39, 0.29) is 17.1 Å². The fourth-order valence-corrected chi connectivity index (χ4v) is 2.11. The largest absolute Gasteiger partial charge is 0.320 e. The summed E-state index contributed by atoms with van der Waals surface area (Å²) in [4.78, 5) is 11.5. The minimum Gasteiger partial charge on any atom is -0.320 e. The highest BCUT2D eigenvalue weighted by Crippen LogP contribution is 2.24. The van der Waals surface area contributed by atoms with Crippen LogP contribution in [-0.4, -0.2) is 21.4 Å². The summed E-state index contributed by atoms with van der Waals surface area (Å²) in [5, 5.41) is 0.170. The summed E-state index contributed by atoms with van der Waals surface area (Å²) in [5.74, 6) is -0.157. The van der Waals surface area contributed by atoms with Crippen LogP contribution in [0.25, 0.3) is 0 Å². The second kappa shape index (κ2) is 7.79. The molecule has 0 aliphatic heterocycles. The maximum atomic E-state index is 11.5. The van der Waals surface area contributed by atoms with Crippen LogP contribution in [0.1, 0.15) is 47.0 Å². The second-order valence-electron chi connectivity index (χ2n) is 3.87. The van der Waals surface area contributed by atoms with Crippen LogP contribution < -0.4 is 10.5 Å². The molecule has 96 valence electrons. The van der Waals surface area contributed by atoms with Gasteiger partial charge in [0, 0.05) is 0 Å². The van der Waals surface area contributed by atoms with Crippen molar-refractivity contribution >= 4 is 16.9 Å². The third-order valence-electron chi connectivity index (χ3n) is 2.59. The lowest BCUT2D eigenvalue weighted by Gasteiger charge is -2.16. The highest BCUT2D eigenvalue weighted by atomic mass is 32.2. The number of amides is 1. The standard InChI is InChI=1S/C9H18N2O2S.C2H6/c1-3-6(2)8(10)9(12)11-14(13)7-4-5-7;1-2/h6-8H,3-5,10H2,1-2H3,(H,11,12);1-2H3. The van der Waals surface area contributed by atoms with E-state index in [1.54, 1.807) is 0 Å². The van der Waals surface area contributed by atoms with E-state index < -0.39 is 17.0 Å². The van der Waals surface area contributed by atoms with E-state index in [0.29, 0.717) is 0 Å². The SMILES string of the molecule is CC.CCC(C)C(N)C(=O)NS(=O)C1CC1. The Morgan fingerprint density at radius 1 is 1.50 bits per heavy atom. The number of hydrogen-bond donors (Lipinski definition) is 2. The second-order valence-corrected chi connectivity index (χ2v) is 5.34. The molecule has 1 aliphatic carbocycles. The maximum absolute atomic E-state index is 11.5. The lowest BCUT2D eigenvalue weighted by molar-refractivity contribution is -0.121. The van der Waals surface area contributed by atoms with Crippen LogP contribution in [-0.2, 0) is 15.8 Å². The Bertz CT molecular complexity index is 242. The third kappa shape index (κ3) is 5.07. The number of nitrogens with one attached hydrogen (secondary N) is 1. The van der Waals surface area contributed by atoms with Gasteiger partial charge in [0.05, 0.1) is 11.3 Å². The molecule has 1 aliphatic rings. The van der Waals surface area contributed by atoms with E-state index in [1.807, 2.05) is 27.7 Å². The minimum atomic E-state index is -1.21. The van der Waals surface area contributed by atoms with Crippen molar-refractivity contribution in [2.75, 3.05) is 0 Å². The summed E-state index contributed by atoms with van der Waals surface area (Å²) in [6.45, 7) is 7.90. The van der Waals surface area contributed by atoms with Gasteiger partial charge in [0.25, 0.3) is 0 Å². The van der Waals surface area contributed by atoms with Crippen molar-refractivity contribution in [1.82, 2.24) is 4.72 Å². The predicted molar refractivity (Wildman–Crippen MR) is 68.1 cm³/mol. The molecule has 4 nitrogen and oxygen atoms in total. The summed E-state index contributed by atoms with van der Waals surface area (Å²) < 4.78 is 13.8. The van der Waals surface area contributed by atoms with Crippen LogP contribution in [0.3, 0.4) is 0 Å². The molecular formula is C11H24N2O2S. The Morgan fingerprint density at radius 3 is 2.38 bits per heavy atom. The molecule has 0 aromatic carbocycles. The molecule has 1 amide bonds. The molecule has 1 rings (SSSR count). The lowest BCUT2D eigenvalue weighted by Crippen LogP contribution is -2.45. The zero-order valence-corrected chi connectivity index (χ0v) is 11.5. The number of carbonyl (C=O) groups excluding carboxylic acids is 1. The molecular weight excluding hydrogens is 224 g/mol. The van der Waals surface area contributed by atoms with Crippen LogP contribution in [0.5, 0.6) is 0 Å². The van der Waals surface area contributed by atoms with E-state index in [9.17, 15) is 9.00 Å². The summed E-state index contributed by atoms with van der Waals surface area (Å²) in [5.41, 5.74) is 5.69. The summed E-state index contributed by atoms with van der Waals surface area (Å²) >= 11 is 0. The lowest BCUT2D eigenvalue weighted by atomic mass is 10.00. The van der Waals surface area contributed by atoms with E-state index in [4.69, 9.17) is 5.73 Å². The number of rotatable bonds is 5. The normalized spacial score (nSPS) is 20.1. The first-order chi connectivity index (χ1) is 7.56. The molecule has 0 heterocycles. The summed E-state index contributed by atoms with van der Waals surface area (Å²) in [6, 6.07) is -0.539. The number of carbonyl (C=O) groups is 1. The molecule has 0 saturated heterocycles. The smallest absolute Gasteiger partial charge is 0.248 e. The molecule has 5 heteroatoms. The number of nitrogens with two attached hydrogens (primary N) is 1. The molecule has 3 N–H and O–H groups in total. The Labute approximate surface area is 101 Å². The van der Waals surface area contributed by atoms with Gasteiger partial charge in [0.2, 0.25) is 5.91 Å². The van der Waals surface area contributed by atoms with Crippen molar-refractivity contribution in [2.45, 2.75) is 58.2 Å². The van der Waals surface area contributed by atoms with Gasteiger partial charge >= 0.3 is 0 Å². The third-order valence-corrected chi connectivity index (χ3v) is 4.07. The van der Waals surface area contributed by atoms with Gasteiger partial charge < -0.3 is 5.73 Å². The van der Waals surface area contributed by atoms with Crippen molar-refractivity contribution in [1.29, 1.82) is 0 Å². The van der Waals surface area contributed by atoms with E-state index in [2.05, 4.69) is 4.72 Å². The molecule has 0 spiro atoms. The fourth-order valence-electron chi connectivity index (χ4n) is 1.04. The van der Waals surface area contributed by atoms with E-state index in [0.717, 1.165) is 19.3 Å². The van der Waals surface area contributed by atoms with Gasteiger partial charge in [-0.25, -0.2) is 4.21 Å². The van der Waals surface area contributed by atoms with Crippen LogP contribution in [0.4, 0.5) is 0 Å². The van der Waals surface area contributed by atoms with E-state index in [1.165, 1.54) is 0 Å². The highest BCUT2D eigenvalue weighted by molar-refractivity contribution is 7.84. The predicted octanol–water partition coefficient (Wildman–Crippen LogP) is 1.33. The highest BCUT2D eigenvalue weighted by Gasteiger charge is 2.31. The Kier molecular flexibility index (Phi) is 7.58. The first-order valence-corrected chi connectivity index (χ1v) is 7.24. The molecule has 1 fully saturated rings. The van der Waals surface area contributed by atoms with Crippen molar-refractivity contribution in [3.05, 3.63) is 0 Å². The van der Waals surface area contributed by atoms with Gasteiger partial charge in [-0.3, -0.25) is 9.52 Å². The van der Waals surface area contributed by atoms with Crippen molar-refractivity contribution in [3.8, 4) is 0 Å². The van der Waals surface area contributed by atoms with Gasteiger partial charge in [0.1, 0.15) is 11.0 Å². The molecule has 0 aromatic rings. The average Bonchev–Trinajstić information content (AvgIpc) is 3.13. The number of hydrogen-bond acceptors (Lipinski definition) is 3. The Morgan fingerprint density at radius 2 is 2.00 bits per heavy atom. The summed E-state index contributed by atoms with van der Waals surface area (Å²) in [6.07, 6.45) is 2.75. The van der Waals surface area contributed by atoms with Crippen LogP contribution in [0, 0.1) is 5.92 Å². The zero-order chi connectivity index (χ0) is 12.7. The van der Waals surface area contributed by atoms with Crippen LogP contribution >= 0.6 is 0 Å². The molecule has 1 saturated carbocycles. The maximum Gasteiger partial charge on any atom is 0.248 e. The van der Waals surface area contributed by atoms with Gasteiger partial charge in [-0.15, -0.1) is 0 Å². The monoisotopic (exact) mass is 248 g/mol.